The Morgan fingerprint density at radius 3 is 2.73 bits per heavy atom. The molecule has 9 heteroatoms. The summed E-state index contributed by atoms with van der Waals surface area (Å²) >= 11 is 10.2. The van der Waals surface area contributed by atoms with Crippen molar-refractivity contribution in [3.63, 3.8) is 0 Å². The largest absolute Gasteiger partial charge is 0.493 e. The fourth-order valence-corrected chi connectivity index (χ4v) is 3.27. The maximum absolute atomic E-state index is 14.2. The zero-order valence-corrected chi connectivity index (χ0v) is 17.7. The zero-order chi connectivity index (χ0) is 21.5. The minimum atomic E-state index is -0.556. The highest BCUT2D eigenvalue weighted by atomic mass is 35.5. The number of halogens is 3. The highest BCUT2D eigenvalue weighted by Crippen LogP contribution is 2.33. The van der Waals surface area contributed by atoms with Gasteiger partial charge in [0, 0.05) is 29.5 Å². The lowest BCUT2D eigenvalue weighted by Gasteiger charge is -2.13. The van der Waals surface area contributed by atoms with Gasteiger partial charge in [0.2, 0.25) is 0 Å². The number of nitrogens with one attached hydrogen (secondary N) is 1. The van der Waals surface area contributed by atoms with Gasteiger partial charge in [0.1, 0.15) is 34.2 Å². The number of thiol groups is 1. The molecule has 0 aliphatic heterocycles. The second kappa shape index (κ2) is 10.4. The number of rotatable bonds is 9. The molecular formula is C21H21ClF2N4OS. The van der Waals surface area contributed by atoms with Crippen molar-refractivity contribution in [2.45, 2.75) is 18.6 Å². The number of hydrogen-bond donors (Lipinski definition) is 3. The van der Waals surface area contributed by atoms with E-state index in [4.69, 9.17) is 22.1 Å². The van der Waals surface area contributed by atoms with Gasteiger partial charge in [0.25, 0.3) is 0 Å². The Bertz CT molecular complexity index is 1020. The molecule has 2 heterocycles. The molecule has 0 spiro atoms. The molecular weight excluding hydrogens is 430 g/mol. The van der Waals surface area contributed by atoms with Gasteiger partial charge in [-0.05, 0) is 48.7 Å². The minimum absolute atomic E-state index is 0.170. The predicted octanol–water partition coefficient (Wildman–Crippen LogP) is 5.36. The van der Waals surface area contributed by atoms with Crippen LogP contribution < -0.4 is 15.8 Å². The highest BCUT2D eigenvalue weighted by Gasteiger charge is 2.13. The summed E-state index contributed by atoms with van der Waals surface area (Å²) < 4.78 is 33.6. The molecule has 0 aliphatic rings. The SMILES string of the molecule is Nc1cc(-c2ccc(F)cc2OCCCCNc2cc(CS)cc(Cl)n2)c(F)cn1. The molecule has 30 heavy (non-hydrogen) atoms. The summed E-state index contributed by atoms with van der Waals surface area (Å²) in [5.74, 6) is 0.658. The van der Waals surface area contributed by atoms with E-state index in [0.29, 0.717) is 41.9 Å². The average molecular weight is 451 g/mol. The predicted molar refractivity (Wildman–Crippen MR) is 119 cm³/mol. The Hall–Kier alpha value is -2.58. The number of pyridine rings is 2. The molecule has 0 amide bonds. The van der Waals surface area contributed by atoms with Crippen molar-refractivity contribution in [3.05, 3.63) is 64.9 Å². The van der Waals surface area contributed by atoms with Gasteiger partial charge in [-0.25, -0.2) is 18.7 Å². The Labute approximate surface area is 184 Å². The van der Waals surface area contributed by atoms with E-state index in [1.165, 1.54) is 24.3 Å². The fraction of sp³-hybridized carbons (Fsp3) is 0.238. The Kier molecular flexibility index (Phi) is 7.70. The molecule has 0 bridgehead atoms. The van der Waals surface area contributed by atoms with Crippen molar-refractivity contribution in [2.75, 3.05) is 24.2 Å². The van der Waals surface area contributed by atoms with Crippen LogP contribution in [-0.4, -0.2) is 23.1 Å². The molecule has 158 valence electrons. The Morgan fingerprint density at radius 2 is 1.93 bits per heavy atom. The zero-order valence-electron chi connectivity index (χ0n) is 16.0. The van der Waals surface area contributed by atoms with E-state index in [1.54, 1.807) is 6.07 Å². The van der Waals surface area contributed by atoms with E-state index in [2.05, 4.69) is 27.9 Å². The first-order valence-corrected chi connectivity index (χ1v) is 10.3. The molecule has 0 atom stereocenters. The van der Waals surface area contributed by atoms with Gasteiger partial charge in [-0.15, -0.1) is 0 Å². The molecule has 0 fully saturated rings. The standard InChI is InChI=1S/C21H21ClF2N4OS/c22-19-7-13(12-30)8-21(28-19)26-5-1-2-6-29-18-9-14(23)3-4-15(18)16-10-20(25)27-11-17(16)24/h3-4,7-11,30H,1-2,5-6,12H2,(H2,25,27)(H,26,28). The Morgan fingerprint density at radius 1 is 1.10 bits per heavy atom. The van der Waals surface area contributed by atoms with Gasteiger partial charge in [-0.2, -0.15) is 12.6 Å². The minimum Gasteiger partial charge on any atom is -0.493 e. The molecule has 0 saturated heterocycles. The van der Waals surface area contributed by atoms with E-state index < -0.39 is 11.6 Å². The molecule has 5 nitrogen and oxygen atoms in total. The molecule has 1 aromatic carbocycles. The molecule has 2 aromatic heterocycles. The third kappa shape index (κ3) is 5.96. The van der Waals surface area contributed by atoms with Gasteiger partial charge in [0.05, 0.1) is 12.8 Å². The molecule has 0 saturated carbocycles. The number of anilines is 2. The monoisotopic (exact) mass is 450 g/mol. The molecule has 3 N–H and O–H groups in total. The normalized spacial score (nSPS) is 10.8. The van der Waals surface area contributed by atoms with Crippen LogP contribution in [0.1, 0.15) is 18.4 Å². The smallest absolute Gasteiger partial charge is 0.149 e. The molecule has 3 aromatic rings. The van der Waals surface area contributed by atoms with Gasteiger partial charge in [-0.1, -0.05) is 11.6 Å². The van der Waals surface area contributed by atoms with Gasteiger partial charge < -0.3 is 15.8 Å². The first kappa shape index (κ1) is 22.1. The Balaban J connectivity index is 1.56. The third-order valence-corrected chi connectivity index (χ3v) is 4.84. The fourth-order valence-electron chi connectivity index (χ4n) is 2.86. The lowest BCUT2D eigenvalue weighted by molar-refractivity contribution is 0.308. The topological polar surface area (TPSA) is 73.1 Å². The second-order valence-electron chi connectivity index (χ2n) is 6.55. The number of nitrogens with zero attached hydrogens (tertiary/aromatic N) is 2. The van der Waals surface area contributed by atoms with E-state index >= 15 is 0 Å². The van der Waals surface area contributed by atoms with Gasteiger partial charge in [0.15, 0.2) is 0 Å². The number of ether oxygens (including phenoxy) is 1. The van der Waals surface area contributed by atoms with Crippen LogP contribution in [0.4, 0.5) is 20.4 Å². The van der Waals surface area contributed by atoms with Crippen molar-refractivity contribution in [3.8, 4) is 16.9 Å². The van der Waals surface area contributed by atoms with Crippen LogP contribution in [0.2, 0.25) is 5.15 Å². The van der Waals surface area contributed by atoms with Crippen molar-refractivity contribution >= 4 is 35.9 Å². The lowest BCUT2D eigenvalue weighted by Crippen LogP contribution is -2.07. The van der Waals surface area contributed by atoms with Gasteiger partial charge in [-0.3, -0.25) is 0 Å². The van der Waals surface area contributed by atoms with Crippen molar-refractivity contribution in [1.82, 2.24) is 9.97 Å². The summed E-state index contributed by atoms with van der Waals surface area (Å²) in [5, 5.41) is 3.62. The molecule has 0 aliphatic carbocycles. The molecule has 0 radical (unpaired) electrons. The molecule has 3 rings (SSSR count). The first-order valence-electron chi connectivity index (χ1n) is 9.31. The van der Waals surface area contributed by atoms with Crippen LogP contribution in [0.15, 0.2) is 42.6 Å². The average Bonchev–Trinajstić information content (AvgIpc) is 2.72. The second-order valence-corrected chi connectivity index (χ2v) is 7.26. The number of benzene rings is 1. The maximum Gasteiger partial charge on any atom is 0.149 e. The van der Waals surface area contributed by atoms with Crippen LogP contribution in [-0.2, 0) is 5.75 Å². The summed E-state index contributed by atoms with van der Waals surface area (Å²) in [4.78, 5) is 7.93. The van der Waals surface area contributed by atoms with E-state index in [9.17, 15) is 8.78 Å². The molecule has 0 unspecified atom stereocenters. The number of nitrogen functional groups attached to an aromatic ring is 1. The number of aromatic nitrogens is 2. The van der Waals surface area contributed by atoms with E-state index in [0.717, 1.165) is 18.2 Å². The summed E-state index contributed by atoms with van der Waals surface area (Å²) in [6.45, 7) is 0.999. The van der Waals surface area contributed by atoms with Crippen molar-refractivity contribution in [1.29, 1.82) is 0 Å². The maximum atomic E-state index is 14.2. The third-order valence-electron chi connectivity index (χ3n) is 4.28. The summed E-state index contributed by atoms with van der Waals surface area (Å²) in [5.41, 5.74) is 7.27. The van der Waals surface area contributed by atoms with Crippen LogP contribution >= 0.6 is 24.2 Å². The van der Waals surface area contributed by atoms with Crippen LogP contribution in [0, 0.1) is 11.6 Å². The first-order chi connectivity index (χ1) is 14.5. The summed E-state index contributed by atoms with van der Waals surface area (Å²) in [7, 11) is 0. The van der Waals surface area contributed by atoms with Crippen LogP contribution in [0.5, 0.6) is 5.75 Å². The van der Waals surface area contributed by atoms with E-state index in [-0.39, 0.29) is 17.1 Å². The van der Waals surface area contributed by atoms with Gasteiger partial charge >= 0.3 is 0 Å². The van der Waals surface area contributed by atoms with Crippen molar-refractivity contribution in [2.24, 2.45) is 0 Å². The quantitative estimate of drug-likeness (QED) is 0.232. The lowest BCUT2D eigenvalue weighted by atomic mass is 10.0. The number of unbranched alkanes of at least 4 members (excludes halogenated alkanes) is 1. The summed E-state index contributed by atoms with van der Waals surface area (Å²) in [6.07, 6.45) is 2.52. The number of hydrogen-bond acceptors (Lipinski definition) is 6. The van der Waals surface area contributed by atoms with E-state index in [1.807, 2.05) is 6.07 Å². The van der Waals surface area contributed by atoms with Crippen LogP contribution in [0.3, 0.4) is 0 Å². The van der Waals surface area contributed by atoms with Crippen molar-refractivity contribution < 1.29 is 13.5 Å². The van der Waals surface area contributed by atoms with Crippen LogP contribution in [0.25, 0.3) is 11.1 Å². The highest BCUT2D eigenvalue weighted by molar-refractivity contribution is 7.79. The number of nitrogens with two attached hydrogens (primary N) is 1. The summed E-state index contributed by atoms with van der Waals surface area (Å²) in [6, 6.07) is 9.01.